The number of halogens is 3. The van der Waals surface area contributed by atoms with Gasteiger partial charge in [-0.3, -0.25) is 4.79 Å². The first-order valence-electron chi connectivity index (χ1n) is 10.0. The maximum absolute atomic E-state index is 13.4. The molecule has 0 spiro atoms. The quantitative estimate of drug-likeness (QED) is 0.480. The molecule has 5 rings (SSSR count). The number of aryl methyl sites for hydroxylation is 1. The zero-order valence-electron chi connectivity index (χ0n) is 17.8. The van der Waals surface area contributed by atoms with Crippen molar-refractivity contribution in [3.05, 3.63) is 58.1 Å². The molecule has 0 saturated carbocycles. The second-order valence-electron chi connectivity index (χ2n) is 8.04. The molecule has 3 aromatic rings. The molecule has 3 atom stereocenters. The molecule has 12 heteroatoms. The Labute approximate surface area is 216 Å². The van der Waals surface area contributed by atoms with Crippen LogP contribution < -0.4 is 0 Å². The first-order valence-corrected chi connectivity index (χ1v) is 10.4. The summed E-state index contributed by atoms with van der Waals surface area (Å²) in [6.07, 6.45) is 1.99. The molecule has 0 unspecified atom stereocenters. The summed E-state index contributed by atoms with van der Waals surface area (Å²) in [7, 11) is 0. The molecule has 2 aromatic heterocycles. The lowest BCUT2D eigenvalue weighted by molar-refractivity contribution is 0.0553. The standard InChI is InChI=1S/C21H20ClF2N5O.3H2S/c1-11-8-12(2-6-15(11)22)20(30)28-13-3-5-14(17(28)7-4-13)18-9-16(19(23)24)27-21-25-10-26-29(18)21;;;/h2,6,8-10,13-14,17,19H,3-5,7H2,1H3;3*1H2/t13-,14-,17-;;;/m0.../s1. The van der Waals surface area contributed by atoms with E-state index >= 15 is 0 Å². The zero-order chi connectivity index (χ0) is 21.0. The minimum atomic E-state index is -2.69. The fourth-order valence-electron chi connectivity index (χ4n) is 4.97. The third-order valence-electron chi connectivity index (χ3n) is 6.36. The number of hydrogen-bond acceptors (Lipinski definition) is 4. The van der Waals surface area contributed by atoms with E-state index in [-0.39, 0.29) is 75.9 Å². The number of carbonyl (C=O) groups excluding carboxylic acids is 1. The molecule has 33 heavy (non-hydrogen) atoms. The molecule has 0 aliphatic carbocycles. The second-order valence-corrected chi connectivity index (χ2v) is 8.44. The number of carbonyl (C=O) groups is 1. The molecule has 2 fully saturated rings. The van der Waals surface area contributed by atoms with Gasteiger partial charge in [0.15, 0.2) is 0 Å². The first kappa shape index (κ1) is 27.7. The van der Waals surface area contributed by atoms with Crippen LogP contribution in [-0.4, -0.2) is 42.5 Å². The Morgan fingerprint density at radius 2 is 1.85 bits per heavy atom. The van der Waals surface area contributed by atoms with E-state index in [1.54, 1.807) is 12.1 Å². The first-order chi connectivity index (χ1) is 14.4. The van der Waals surface area contributed by atoms with Gasteiger partial charge in [-0.15, -0.1) is 0 Å². The molecule has 0 radical (unpaired) electrons. The lowest BCUT2D eigenvalue weighted by atomic mass is 9.86. The van der Waals surface area contributed by atoms with Crippen LogP contribution in [0.3, 0.4) is 0 Å². The minimum Gasteiger partial charge on any atom is -0.332 e. The van der Waals surface area contributed by atoms with Crippen LogP contribution in [0.1, 0.15) is 65.3 Å². The molecule has 2 aliphatic heterocycles. The van der Waals surface area contributed by atoms with Crippen LogP contribution in [0.15, 0.2) is 30.6 Å². The van der Waals surface area contributed by atoms with Gasteiger partial charge in [0, 0.05) is 28.6 Å². The molecule has 2 saturated heterocycles. The zero-order valence-corrected chi connectivity index (χ0v) is 21.6. The van der Waals surface area contributed by atoms with Gasteiger partial charge in [-0.1, -0.05) is 11.6 Å². The third kappa shape index (κ3) is 4.82. The highest BCUT2D eigenvalue weighted by molar-refractivity contribution is 7.59. The molecular weight excluding hydrogens is 508 g/mol. The fraction of sp³-hybridized carbons (Fsp3) is 0.429. The summed E-state index contributed by atoms with van der Waals surface area (Å²) in [6, 6.07) is 6.81. The van der Waals surface area contributed by atoms with Crippen LogP contribution in [0.25, 0.3) is 5.78 Å². The van der Waals surface area contributed by atoms with Gasteiger partial charge < -0.3 is 4.90 Å². The molecule has 6 nitrogen and oxygen atoms in total. The minimum absolute atomic E-state index is 0. The number of fused-ring (bicyclic) bond motifs is 3. The molecule has 2 bridgehead atoms. The number of benzene rings is 1. The predicted molar refractivity (Wildman–Crippen MR) is 138 cm³/mol. The Balaban J connectivity index is 0.00000128. The summed E-state index contributed by atoms with van der Waals surface area (Å²) >= 11 is 6.12. The van der Waals surface area contributed by atoms with Gasteiger partial charge in [-0.05, 0) is 62.4 Å². The Morgan fingerprint density at radius 1 is 1.12 bits per heavy atom. The number of piperidine rings is 1. The van der Waals surface area contributed by atoms with Crippen molar-refractivity contribution < 1.29 is 13.6 Å². The summed E-state index contributed by atoms with van der Waals surface area (Å²) < 4.78 is 28.4. The van der Waals surface area contributed by atoms with E-state index in [4.69, 9.17) is 11.6 Å². The van der Waals surface area contributed by atoms with Gasteiger partial charge in [0.2, 0.25) is 0 Å². The molecular formula is C21H26ClF2N5OS3. The monoisotopic (exact) mass is 533 g/mol. The smallest absolute Gasteiger partial charge is 0.280 e. The SMILES string of the molecule is Cc1cc(C(=O)N2[C@H]3CC[C@H](c4cc(C(F)F)nc5ncnn45)[C@@H]2CC3)ccc1Cl.S.S.S. The van der Waals surface area contributed by atoms with Crippen molar-refractivity contribution in [2.75, 3.05) is 0 Å². The van der Waals surface area contributed by atoms with E-state index in [1.165, 1.54) is 16.9 Å². The third-order valence-corrected chi connectivity index (χ3v) is 6.79. The van der Waals surface area contributed by atoms with Gasteiger partial charge in [0.05, 0.1) is 5.69 Å². The normalized spacial score (nSPS) is 21.4. The summed E-state index contributed by atoms with van der Waals surface area (Å²) in [5.74, 6) is 0.0184. The van der Waals surface area contributed by atoms with Crippen molar-refractivity contribution >= 4 is 63.8 Å². The van der Waals surface area contributed by atoms with Gasteiger partial charge in [0.1, 0.15) is 12.0 Å². The molecule has 1 amide bonds. The average Bonchev–Trinajstić information content (AvgIpc) is 3.32. The lowest BCUT2D eigenvalue weighted by Crippen LogP contribution is -2.47. The van der Waals surface area contributed by atoms with Crippen molar-refractivity contribution in [2.45, 2.75) is 57.0 Å². The van der Waals surface area contributed by atoms with Crippen LogP contribution >= 0.6 is 52.1 Å². The van der Waals surface area contributed by atoms with Crippen molar-refractivity contribution in [2.24, 2.45) is 0 Å². The largest absolute Gasteiger partial charge is 0.332 e. The Hall–Kier alpha value is -1.56. The van der Waals surface area contributed by atoms with Crippen molar-refractivity contribution in [1.82, 2.24) is 24.5 Å². The van der Waals surface area contributed by atoms with Crippen molar-refractivity contribution in [3.63, 3.8) is 0 Å². The van der Waals surface area contributed by atoms with Gasteiger partial charge >= 0.3 is 0 Å². The Kier molecular flexibility index (Phi) is 9.05. The van der Waals surface area contributed by atoms with Gasteiger partial charge in [-0.25, -0.2) is 18.3 Å². The summed E-state index contributed by atoms with van der Waals surface area (Å²) in [5, 5.41) is 4.83. The van der Waals surface area contributed by atoms with E-state index in [9.17, 15) is 13.6 Å². The number of alkyl halides is 2. The highest BCUT2D eigenvalue weighted by Gasteiger charge is 2.46. The number of hydrogen-bond donors (Lipinski definition) is 0. The Bertz CT molecular complexity index is 1150. The summed E-state index contributed by atoms with van der Waals surface area (Å²) in [6.45, 7) is 1.87. The number of amides is 1. The predicted octanol–water partition coefficient (Wildman–Crippen LogP) is 4.91. The van der Waals surface area contributed by atoms with E-state index in [0.29, 0.717) is 16.3 Å². The van der Waals surface area contributed by atoms with E-state index < -0.39 is 6.43 Å². The summed E-state index contributed by atoms with van der Waals surface area (Å²) in [4.78, 5) is 23.3. The molecule has 2 aliphatic rings. The fourth-order valence-corrected chi connectivity index (χ4v) is 5.09. The van der Waals surface area contributed by atoms with Gasteiger partial charge in [0.25, 0.3) is 18.1 Å². The number of rotatable bonds is 3. The van der Waals surface area contributed by atoms with Gasteiger partial charge in [-0.2, -0.15) is 50.6 Å². The van der Waals surface area contributed by atoms with Crippen LogP contribution in [-0.2, 0) is 0 Å². The van der Waals surface area contributed by atoms with Crippen LogP contribution in [0.4, 0.5) is 8.78 Å². The van der Waals surface area contributed by atoms with Crippen LogP contribution in [0, 0.1) is 6.92 Å². The van der Waals surface area contributed by atoms with E-state index in [2.05, 4.69) is 15.1 Å². The molecule has 1 aromatic carbocycles. The maximum Gasteiger partial charge on any atom is 0.280 e. The van der Waals surface area contributed by atoms with Crippen molar-refractivity contribution in [3.8, 4) is 0 Å². The highest BCUT2D eigenvalue weighted by Crippen LogP contribution is 2.45. The molecule has 180 valence electrons. The lowest BCUT2D eigenvalue weighted by Gasteiger charge is -2.40. The topological polar surface area (TPSA) is 63.4 Å². The van der Waals surface area contributed by atoms with E-state index in [1.807, 2.05) is 17.9 Å². The Morgan fingerprint density at radius 3 is 2.55 bits per heavy atom. The number of aromatic nitrogens is 4. The molecule has 0 N–H and O–H groups in total. The highest BCUT2D eigenvalue weighted by atomic mass is 35.5. The average molecular weight is 534 g/mol. The molecule has 4 heterocycles. The van der Waals surface area contributed by atoms with Crippen LogP contribution in [0.5, 0.6) is 0 Å². The van der Waals surface area contributed by atoms with E-state index in [0.717, 1.165) is 31.2 Å². The van der Waals surface area contributed by atoms with Crippen LogP contribution in [0.2, 0.25) is 5.02 Å². The second kappa shape index (κ2) is 10.8. The maximum atomic E-state index is 13.4. The number of nitrogens with zero attached hydrogens (tertiary/aromatic N) is 5. The summed E-state index contributed by atoms with van der Waals surface area (Å²) in [5.41, 5.74) is 1.78. The van der Waals surface area contributed by atoms with Crippen molar-refractivity contribution in [1.29, 1.82) is 0 Å².